The number of carbonyl (C=O) groups excluding carboxylic acids is 1. The van der Waals surface area contributed by atoms with E-state index in [-0.39, 0.29) is 11.2 Å². The summed E-state index contributed by atoms with van der Waals surface area (Å²) in [5, 5.41) is 3.29. The zero-order chi connectivity index (χ0) is 22.4. The van der Waals surface area contributed by atoms with Gasteiger partial charge >= 0.3 is 0 Å². The molecule has 4 heterocycles. The van der Waals surface area contributed by atoms with Crippen LogP contribution >= 0.6 is 11.3 Å². The molecule has 3 aliphatic rings. The van der Waals surface area contributed by atoms with E-state index in [0.717, 1.165) is 59.2 Å². The topological polar surface area (TPSA) is 74.2 Å². The van der Waals surface area contributed by atoms with Gasteiger partial charge in [0.2, 0.25) is 5.95 Å². The maximum absolute atomic E-state index is 12.8. The molecule has 172 valence electrons. The highest BCUT2D eigenvalue weighted by atomic mass is 32.1. The Kier molecular flexibility index (Phi) is 5.30. The summed E-state index contributed by atoms with van der Waals surface area (Å²) in [6.45, 7) is 4.19. The molecule has 1 saturated carbocycles. The van der Waals surface area contributed by atoms with E-state index in [2.05, 4.69) is 38.2 Å². The fourth-order valence-corrected chi connectivity index (χ4v) is 6.99. The van der Waals surface area contributed by atoms with Crippen molar-refractivity contribution in [1.82, 2.24) is 19.9 Å². The van der Waals surface area contributed by atoms with Gasteiger partial charge in [0.05, 0.1) is 33.2 Å². The van der Waals surface area contributed by atoms with Gasteiger partial charge in [-0.1, -0.05) is 19.3 Å². The summed E-state index contributed by atoms with van der Waals surface area (Å²) < 4.78 is 1.02. The van der Waals surface area contributed by atoms with Gasteiger partial charge in [0.25, 0.3) is 0 Å². The summed E-state index contributed by atoms with van der Waals surface area (Å²) in [5.41, 5.74) is 3.45. The zero-order valence-electron chi connectivity index (χ0n) is 19.1. The summed E-state index contributed by atoms with van der Waals surface area (Å²) >= 11 is 1.58. The average Bonchev–Trinajstić information content (AvgIpc) is 3.24. The van der Waals surface area contributed by atoms with Gasteiger partial charge in [-0.25, -0.2) is 15.0 Å². The molecule has 0 amide bonds. The van der Waals surface area contributed by atoms with E-state index in [9.17, 15) is 4.79 Å². The highest BCUT2D eigenvalue weighted by molar-refractivity contribution is 7.21. The SMILES string of the molecule is CN1CCN(c2ccc(Nc3ncc4sc5c(c4n3)C3(CCCCC3)CCC5=O)nc2)CC1. The number of aromatic nitrogens is 3. The standard InChI is InChI=1S/C25H30N6OS/c1-30-11-13-31(14-12-30)17-5-6-20(26-15-17)28-24-27-16-19-22(29-24)21-23(33-19)18(32)7-10-25(21)8-3-2-4-9-25/h5-6,15-16H,2-4,7-14H2,1H3,(H,26,27,28,29). The molecule has 0 unspecified atom stereocenters. The normalized spacial score (nSPS) is 20.9. The van der Waals surface area contributed by atoms with Crippen LogP contribution in [0.1, 0.15) is 60.2 Å². The molecule has 0 atom stereocenters. The monoisotopic (exact) mass is 462 g/mol. The minimum atomic E-state index is 0.119. The molecule has 1 saturated heterocycles. The summed E-state index contributed by atoms with van der Waals surface area (Å²) in [7, 11) is 2.16. The van der Waals surface area contributed by atoms with E-state index in [4.69, 9.17) is 4.98 Å². The second-order valence-electron chi connectivity index (χ2n) is 9.79. The molecule has 33 heavy (non-hydrogen) atoms. The Balaban J connectivity index is 1.29. The number of nitrogens with zero attached hydrogens (tertiary/aromatic N) is 5. The van der Waals surface area contributed by atoms with E-state index in [1.54, 1.807) is 11.3 Å². The van der Waals surface area contributed by atoms with Crippen molar-refractivity contribution in [3.05, 3.63) is 35.0 Å². The van der Waals surface area contributed by atoms with Crippen LogP contribution < -0.4 is 10.2 Å². The molecule has 1 spiro atoms. The number of thiophene rings is 1. The Morgan fingerprint density at radius 1 is 1.00 bits per heavy atom. The number of hydrogen-bond donors (Lipinski definition) is 1. The molecule has 0 bridgehead atoms. The van der Waals surface area contributed by atoms with Crippen LogP contribution in [0.4, 0.5) is 17.5 Å². The molecule has 2 fully saturated rings. The Labute approximate surface area is 198 Å². The Bertz CT molecular complexity index is 1180. The molecular formula is C25H30N6OS. The molecule has 3 aromatic heterocycles. The second-order valence-corrected chi connectivity index (χ2v) is 10.8. The Hall–Kier alpha value is -2.58. The van der Waals surface area contributed by atoms with Gasteiger partial charge in [-0.3, -0.25) is 4.79 Å². The van der Waals surface area contributed by atoms with Crippen molar-refractivity contribution in [2.24, 2.45) is 0 Å². The number of anilines is 3. The molecule has 0 radical (unpaired) electrons. The number of piperazine rings is 1. The maximum atomic E-state index is 12.8. The lowest BCUT2D eigenvalue weighted by Gasteiger charge is -2.40. The van der Waals surface area contributed by atoms with Crippen LogP contribution in [0.25, 0.3) is 10.2 Å². The van der Waals surface area contributed by atoms with E-state index >= 15 is 0 Å². The minimum absolute atomic E-state index is 0.119. The van der Waals surface area contributed by atoms with Crippen LogP contribution in [0.15, 0.2) is 24.5 Å². The van der Waals surface area contributed by atoms with Crippen LogP contribution in [-0.4, -0.2) is 58.9 Å². The van der Waals surface area contributed by atoms with Gasteiger partial charge in [-0.05, 0) is 43.9 Å². The zero-order valence-corrected chi connectivity index (χ0v) is 20.0. The van der Waals surface area contributed by atoms with Crippen LogP contribution in [0.3, 0.4) is 0 Å². The first-order valence-electron chi connectivity index (χ1n) is 12.1. The first kappa shape index (κ1) is 21.0. The van der Waals surface area contributed by atoms with Gasteiger partial charge in [0, 0.05) is 38.2 Å². The Morgan fingerprint density at radius 3 is 2.58 bits per heavy atom. The molecule has 6 rings (SSSR count). The number of fused-ring (bicyclic) bond motifs is 4. The van der Waals surface area contributed by atoms with Crippen molar-refractivity contribution < 1.29 is 4.79 Å². The third kappa shape index (κ3) is 3.79. The number of pyridine rings is 1. The first-order valence-corrected chi connectivity index (χ1v) is 12.9. The van der Waals surface area contributed by atoms with Crippen molar-refractivity contribution >= 4 is 44.8 Å². The maximum Gasteiger partial charge on any atom is 0.228 e. The smallest absolute Gasteiger partial charge is 0.228 e. The molecule has 1 aliphatic heterocycles. The van der Waals surface area contributed by atoms with Crippen molar-refractivity contribution in [2.75, 3.05) is 43.4 Å². The molecule has 1 N–H and O–H groups in total. The molecular weight excluding hydrogens is 432 g/mol. The first-order chi connectivity index (χ1) is 16.1. The number of nitrogens with one attached hydrogen (secondary N) is 1. The second kappa shape index (κ2) is 8.33. The number of carbonyl (C=O) groups is 1. The van der Waals surface area contributed by atoms with Crippen LogP contribution in [0.5, 0.6) is 0 Å². The number of ketones is 1. The lowest BCUT2D eigenvalue weighted by Crippen LogP contribution is -2.44. The number of Topliss-reactive ketones (excluding diaryl/α,β-unsaturated/α-hetero) is 1. The lowest BCUT2D eigenvalue weighted by molar-refractivity contribution is 0.0945. The summed E-state index contributed by atoms with van der Waals surface area (Å²) in [6, 6.07) is 4.11. The summed E-state index contributed by atoms with van der Waals surface area (Å²) in [6.07, 6.45) is 11.5. The predicted octanol–water partition coefficient (Wildman–Crippen LogP) is 4.76. The highest BCUT2D eigenvalue weighted by Crippen LogP contribution is 2.52. The molecule has 3 aromatic rings. The number of hydrogen-bond acceptors (Lipinski definition) is 8. The molecule has 2 aliphatic carbocycles. The van der Waals surface area contributed by atoms with E-state index in [1.807, 2.05) is 18.5 Å². The van der Waals surface area contributed by atoms with Gasteiger partial charge in [0.1, 0.15) is 5.82 Å². The van der Waals surface area contributed by atoms with Crippen molar-refractivity contribution in [3.63, 3.8) is 0 Å². The van der Waals surface area contributed by atoms with E-state index in [1.165, 1.54) is 37.7 Å². The largest absolute Gasteiger partial charge is 0.368 e. The lowest BCUT2D eigenvalue weighted by atomic mass is 9.64. The molecule has 0 aromatic carbocycles. The van der Waals surface area contributed by atoms with Gasteiger partial charge in [0.15, 0.2) is 5.78 Å². The fraction of sp³-hybridized carbons (Fsp3) is 0.520. The van der Waals surface area contributed by atoms with Gasteiger partial charge in [-0.15, -0.1) is 11.3 Å². The quantitative estimate of drug-likeness (QED) is 0.601. The highest BCUT2D eigenvalue weighted by Gasteiger charge is 2.43. The van der Waals surface area contributed by atoms with Gasteiger partial charge < -0.3 is 15.1 Å². The van der Waals surface area contributed by atoms with Crippen molar-refractivity contribution in [1.29, 1.82) is 0 Å². The molecule has 8 heteroatoms. The fourth-order valence-electron chi connectivity index (χ4n) is 5.79. The van der Waals surface area contributed by atoms with Crippen molar-refractivity contribution in [3.8, 4) is 0 Å². The van der Waals surface area contributed by atoms with Crippen LogP contribution in [0, 0.1) is 0 Å². The van der Waals surface area contributed by atoms with E-state index in [0.29, 0.717) is 12.4 Å². The Morgan fingerprint density at radius 2 is 1.82 bits per heavy atom. The van der Waals surface area contributed by atoms with Crippen LogP contribution in [0.2, 0.25) is 0 Å². The number of rotatable bonds is 3. The van der Waals surface area contributed by atoms with Crippen molar-refractivity contribution in [2.45, 2.75) is 50.4 Å². The predicted molar refractivity (Wildman–Crippen MR) is 133 cm³/mol. The summed E-state index contributed by atoms with van der Waals surface area (Å²) in [5.74, 6) is 1.56. The van der Waals surface area contributed by atoms with E-state index < -0.39 is 0 Å². The van der Waals surface area contributed by atoms with Crippen LogP contribution in [-0.2, 0) is 5.41 Å². The summed E-state index contributed by atoms with van der Waals surface area (Å²) in [4.78, 5) is 32.5. The third-order valence-corrected chi connectivity index (χ3v) is 8.87. The average molecular weight is 463 g/mol. The van der Waals surface area contributed by atoms with Gasteiger partial charge in [-0.2, -0.15) is 0 Å². The third-order valence-electron chi connectivity index (χ3n) is 7.71. The number of likely N-dealkylation sites (N-methyl/N-ethyl adjacent to an activating group) is 1. The molecule has 7 nitrogen and oxygen atoms in total. The minimum Gasteiger partial charge on any atom is -0.368 e.